The highest BCUT2D eigenvalue weighted by molar-refractivity contribution is 6.38. The number of hydrogen-bond donors (Lipinski definition) is 1. The predicted molar refractivity (Wildman–Crippen MR) is 188 cm³/mol. The van der Waals surface area contributed by atoms with Crippen molar-refractivity contribution in [2.24, 2.45) is 0 Å². The number of anilines is 1. The largest absolute Gasteiger partial charge is 0.437 e. The fraction of sp³-hybridized carbons (Fsp3) is 0.212. The Labute approximate surface area is 301 Å². The predicted octanol–water partition coefficient (Wildman–Crippen LogP) is 11.2. The first kappa shape index (κ1) is 35.7. The van der Waals surface area contributed by atoms with Crippen LogP contribution in [0.1, 0.15) is 50.7 Å². The Morgan fingerprint density at radius 3 is 1.47 bits per heavy atom. The van der Waals surface area contributed by atoms with Crippen LogP contribution in [0.2, 0.25) is 20.1 Å². The SMILES string of the molecule is CNc1cc(Cl)c(Oc2cc(C(C)C)c(Oc3cc(Cl)c(Oc4cc(C(C)C)c(Oc5ccc([N+](=O)[O-])cc5)nn4)c(Cl)c3)nn2)c(Cl)c1. The summed E-state index contributed by atoms with van der Waals surface area (Å²) in [5.74, 6) is 1.62. The molecule has 0 saturated carbocycles. The second kappa shape index (κ2) is 15.3. The average Bonchev–Trinajstić information content (AvgIpc) is 3.05. The highest BCUT2D eigenvalue weighted by atomic mass is 35.5. The van der Waals surface area contributed by atoms with Gasteiger partial charge in [0.25, 0.3) is 5.69 Å². The molecule has 2 aromatic heterocycles. The van der Waals surface area contributed by atoms with Gasteiger partial charge < -0.3 is 24.3 Å². The van der Waals surface area contributed by atoms with Crippen LogP contribution in [0.5, 0.6) is 46.5 Å². The Bertz CT molecular complexity index is 1970. The number of nitro groups is 1. The number of halogens is 4. The Kier molecular flexibility index (Phi) is 11.1. The molecule has 5 aromatic rings. The molecular formula is C33H28Cl4N6O6. The average molecular weight is 746 g/mol. The summed E-state index contributed by atoms with van der Waals surface area (Å²) in [5.41, 5.74) is 2.02. The Morgan fingerprint density at radius 2 is 1.06 bits per heavy atom. The van der Waals surface area contributed by atoms with Gasteiger partial charge in [-0.25, -0.2) is 0 Å². The van der Waals surface area contributed by atoms with E-state index in [-0.39, 0.29) is 68.3 Å². The summed E-state index contributed by atoms with van der Waals surface area (Å²) in [7, 11) is 1.75. The Balaban J connectivity index is 1.34. The van der Waals surface area contributed by atoms with E-state index in [0.29, 0.717) is 26.9 Å². The molecule has 0 atom stereocenters. The molecule has 0 aliphatic rings. The Hall–Kier alpha value is -4.62. The molecule has 0 radical (unpaired) electrons. The van der Waals surface area contributed by atoms with Gasteiger partial charge in [0.1, 0.15) is 11.5 Å². The van der Waals surface area contributed by atoms with Crippen molar-refractivity contribution in [3.8, 4) is 46.5 Å². The van der Waals surface area contributed by atoms with Gasteiger partial charge in [-0.2, -0.15) is 0 Å². The molecule has 0 bridgehead atoms. The molecular weight excluding hydrogens is 718 g/mol. The maximum atomic E-state index is 11.0. The van der Waals surface area contributed by atoms with Gasteiger partial charge >= 0.3 is 0 Å². The lowest BCUT2D eigenvalue weighted by molar-refractivity contribution is -0.384. The number of non-ortho nitro benzene ring substituents is 1. The van der Waals surface area contributed by atoms with Crippen LogP contribution in [0.25, 0.3) is 0 Å². The molecule has 0 spiro atoms. The zero-order chi connectivity index (χ0) is 35.4. The van der Waals surface area contributed by atoms with Crippen molar-refractivity contribution >= 4 is 57.8 Å². The molecule has 5 rings (SSSR count). The first-order chi connectivity index (χ1) is 23.3. The van der Waals surface area contributed by atoms with Gasteiger partial charge in [-0.05, 0) is 36.1 Å². The van der Waals surface area contributed by atoms with Gasteiger partial charge in [-0.1, -0.05) is 74.1 Å². The molecule has 0 unspecified atom stereocenters. The van der Waals surface area contributed by atoms with E-state index in [1.807, 2.05) is 27.7 Å². The van der Waals surface area contributed by atoms with E-state index < -0.39 is 4.92 Å². The summed E-state index contributed by atoms with van der Waals surface area (Å²) in [5, 5.41) is 31.5. The summed E-state index contributed by atoms with van der Waals surface area (Å²) in [6.07, 6.45) is 0. The third kappa shape index (κ3) is 8.52. The zero-order valence-electron chi connectivity index (χ0n) is 26.6. The molecule has 49 heavy (non-hydrogen) atoms. The van der Waals surface area contributed by atoms with E-state index in [1.54, 1.807) is 31.3 Å². The molecule has 254 valence electrons. The van der Waals surface area contributed by atoms with E-state index in [4.69, 9.17) is 65.4 Å². The van der Waals surface area contributed by atoms with Gasteiger partial charge in [0.15, 0.2) is 11.5 Å². The van der Waals surface area contributed by atoms with Crippen molar-refractivity contribution in [1.29, 1.82) is 0 Å². The van der Waals surface area contributed by atoms with Crippen LogP contribution in [0.15, 0.2) is 60.7 Å². The lowest BCUT2D eigenvalue weighted by atomic mass is 10.1. The van der Waals surface area contributed by atoms with Crippen LogP contribution in [0, 0.1) is 10.1 Å². The summed E-state index contributed by atoms with van der Waals surface area (Å²) in [6, 6.07) is 15.4. The first-order valence-corrected chi connectivity index (χ1v) is 16.2. The molecule has 0 aliphatic heterocycles. The maximum absolute atomic E-state index is 11.0. The number of hydrogen-bond acceptors (Lipinski definition) is 11. The van der Waals surface area contributed by atoms with Gasteiger partial charge in [0.2, 0.25) is 23.5 Å². The summed E-state index contributed by atoms with van der Waals surface area (Å²) < 4.78 is 23.8. The minimum atomic E-state index is -0.491. The van der Waals surface area contributed by atoms with Crippen molar-refractivity contribution < 1.29 is 23.9 Å². The van der Waals surface area contributed by atoms with Crippen LogP contribution < -0.4 is 24.3 Å². The van der Waals surface area contributed by atoms with Crippen LogP contribution in [0.4, 0.5) is 11.4 Å². The van der Waals surface area contributed by atoms with Crippen LogP contribution in [-0.4, -0.2) is 32.4 Å². The number of rotatable bonds is 12. The fourth-order valence-corrected chi connectivity index (χ4v) is 5.51. The van der Waals surface area contributed by atoms with Crippen LogP contribution >= 0.6 is 46.4 Å². The Morgan fingerprint density at radius 1 is 0.633 bits per heavy atom. The zero-order valence-corrected chi connectivity index (χ0v) is 29.6. The summed E-state index contributed by atoms with van der Waals surface area (Å²) in [4.78, 5) is 10.5. The quantitative estimate of drug-likeness (QED) is 0.0962. The molecule has 0 fully saturated rings. The van der Waals surface area contributed by atoms with Crippen molar-refractivity contribution in [1.82, 2.24) is 20.4 Å². The van der Waals surface area contributed by atoms with E-state index >= 15 is 0 Å². The normalized spacial score (nSPS) is 11.1. The second-order valence-corrected chi connectivity index (χ2v) is 12.7. The van der Waals surface area contributed by atoms with E-state index in [1.165, 1.54) is 36.4 Å². The smallest absolute Gasteiger partial charge is 0.269 e. The standard InChI is InChI=1S/C33H28Cl4N6O6/c1-16(2)22-14-29(39-41-32(22)46-20-8-6-19(7-9-20)43(44)45)49-31-26(36)12-21(13-27(31)37)47-33-23(17(3)4)15-28(40-42-33)48-30-24(34)10-18(38-5)11-25(30)35/h6-17,38H,1-5H3. The van der Waals surface area contributed by atoms with Crippen molar-refractivity contribution in [2.45, 2.75) is 39.5 Å². The second-order valence-electron chi connectivity index (χ2n) is 11.1. The van der Waals surface area contributed by atoms with Crippen molar-refractivity contribution in [2.75, 3.05) is 12.4 Å². The van der Waals surface area contributed by atoms with Crippen LogP contribution in [-0.2, 0) is 0 Å². The van der Waals surface area contributed by atoms with Gasteiger partial charge in [0, 0.05) is 60.3 Å². The number of benzene rings is 3. The molecule has 0 amide bonds. The van der Waals surface area contributed by atoms with E-state index in [9.17, 15) is 10.1 Å². The van der Waals surface area contributed by atoms with Crippen LogP contribution in [0.3, 0.4) is 0 Å². The molecule has 3 aromatic carbocycles. The molecule has 0 aliphatic carbocycles. The van der Waals surface area contributed by atoms with Gasteiger partial charge in [0.05, 0.1) is 25.0 Å². The number of nitro benzene ring substituents is 1. The third-order valence-electron chi connectivity index (χ3n) is 6.92. The minimum absolute atomic E-state index is 0.0416. The molecule has 0 saturated heterocycles. The number of nitrogens with one attached hydrogen (secondary N) is 1. The topological polar surface area (TPSA) is 144 Å². The number of nitrogens with zero attached hydrogens (tertiary/aromatic N) is 5. The number of aromatic nitrogens is 4. The molecule has 2 heterocycles. The van der Waals surface area contributed by atoms with Crippen molar-refractivity contribution in [3.63, 3.8) is 0 Å². The lowest BCUT2D eigenvalue weighted by Crippen LogP contribution is -2.02. The third-order valence-corrected chi connectivity index (χ3v) is 8.05. The first-order valence-electron chi connectivity index (χ1n) is 14.7. The fourth-order valence-electron chi connectivity index (χ4n) is 4.40. The highest BCUT2D eigenvalue weighted by Crippen LogP contribution is 2.43. The van der Waals surface area contributed by atoms with Crippen molar-refractivity contribution in [3.05, 3.63) is 102 Å². The van der Waals surface area contributed by atoms with E-state index in [2.05, 4.69) is 25.7 Å². The monoisotopic (exact) mass is 744 g/mol. The maximum Gasteiger partial charge on any atom is 0.269 e. The summed E-state index contributed by atoms with van der Waals surface area (Å²) in [6.45, 7) is 7.80. The lowest BCUT2D eigenvalue weighted by Gasteiger charge is -2.16. The molecule has 1 N–H and O–H groups in total. The summed E-state index contributed by atoms with van der Waals surface area (Å²) >= 11 is 26.0. The number of ether oxygens (including phenoxy) is 4. The minimum Gasteiger partial charge on any atom is -0.437 e. The van der Waals surface area contributed by atoms with Gasteiger partial charge in [-0.15, -0.1) is 20.4 Å². The molecule has 16 heteroatoms. The molecule has 12 nitrogen and oxygen atoms in total. The highest BCUT2D eigenvalue weighted by Gasteiger charge is 2.21. The van der Waals surface area contributed by atoms with E-state index in [0.717, 1.165) is 5.69 Å². The van der Waals surface area contributed by atoms with Gasteiger partial charge in [-0.3, -0.25) is 10.1 Å².